The first-order chi connectivity index (χ1) is 10.6. The Morgan fingerprint density at radius 1 is 0.773 bits per heavy atom. The second-order valence-corrected chi connectivity index (χ2v) is 9.30. The van der Waals surface area contributed by atoms with Crippen LogP contribution < -0.4 is 0 Å². The van der Waals surface area contributed by atoms with E-state index in [1.54, 1.807) is 35.2 Å². The molecule has 0 amide bonds. The van der Waals surface area contributed by atoms with Gasteiger partial charge in [-0.15, -0.1) is 22.7 Å². The van der Waals surface area contributed by atoms with Crippen molar-refractivity contribution >= 4 is 45.0 Å². The van der Waals surface area contributed by atoms with Gasteiger partial charge in [0.05, 0.1) is 11.1 Å². The molecule has 6 heteroatoms. The second kappa shape index (κ2) is 6.78. The van der Waals surface area contributed by atoms with Crippen molar-refractivity contribution in [2.24, 2.45) is 0 Å². The van der Waals surface area contributed by atoms with Crippen LogP contribution in [0.1, 0.15) is 0 Å². The molecule has 2 aromatic heterocycles. The molecule has 2 unspecified atom stereocenters. The molecule has 3 rings (SSSR count). The van der Waals surface area contributed by atoms with E-state index < -0.39 is 22.4 Å². The Bertz CT molecular complexity index is 681. The van der Waals surface area contributed by atoms with Crippen LogP contribution in [0.15, 0.2) is 56.9 Å². The van der Waals surface area contributed by atoms with Crippen LogP contribution >= 0.6 is 22.7 Å². The zero-order valence-electron chi connectivity index (χ0n) is 12.1. The maximum absolute atomic E-state index is 12.2. The number of rotatable bonds is 4. The quantitative estimate of drug-likeness (QED) is 0.633. The highest BCUT2D eigenvalue weighted by Crippen LogP contribution is 2.39. The van der Waals surface area contributed by atoms with Gasteiger partial charge in [-0.3, -0.25) is 0 Å². The molecule has 0 radical (unpaired) electrons. The highest BCUT2D eigenvalue weighted by molar-refractivity contribution is 7.91. The molecule has 2 nitrogen and oxygen atoms in total. The minimum absolute atomic E-state index is 0.792. The summed E-state index contributed by atoms with van der Waals surface area (Å²) in [6.45, 7) is 0. The van der Waals surface area contributed by atoms with E-state index in [1.165, 1.54) is 0 Å². The van der Waals surface area contributed by atoms with Crippen LogP contribution in [0.25, 0.3) is 20.9 Å². The summed E-state index contributed by atoms with van der Waals surface area (Å²) >= 11 is 0.989. The number of hydrogen-bond donors (Lipinski definition) is 0. The molecule has 0 aliphatic rings. The van der Waals surface area contributed by atoms with Crippen LogP contribution in [0, 0.1) is 0 Å². The van der Waals surface area contributed by atoms with Gasteiger partial charge in [0.15, 0.2) is 9.79 Å². The lowest BCUT2D eigenvalue weighted by atomic mass is 10.1. The summed E-state index contributed by atoms with van der Waals surface area (Å²) in [5.74, 6) is 0. The van der Waals surface area contributed by atoms with Gasteiger partial charge in [0.25, 0.3) is 0 Å². The van der Waals surface area contributed by atoms with Crippen LogP contribution in [0.5, 0.6) is 0 Å². The molecule has 0 saturated carbocycles. The SMILES string of the molecule is C[S+]([O-])c1cc(-c2cccs2)c([S+](C)[O-])cc1-c1cccs1. The number of thiophene rings is 2. The first kappa shape index (κ1) is 16.1. The molecule has 22 heavy (non-hydrogen) atoms. The molecule has 2 atom stereocenters. The smallest absolute Gasteiger partial charge is 0.162 e. The van der Waals surface area contributed by atoms with E-state index in [1.807, 2.05) is 47.2 Å². The van der Waals surface area contributed by atoms with Crippen molar-refractivity contribution in [1.29, 1.82) is 0 Å². The average molecular weight is 367 g/mol. The minimum atomic E-state index is -1.11. The molecule has 0 bridgehead atoms. The molecule has 114 valence electrons. The van der Waals surface area contributed by atoms with Gasteiger partial charge in [-0.2, -0.15) is 0 Å². The maximum Gasteiger partial charge on any atom is 0.162 e. The van der Waals surface area contributed by atoms with Gasteiger partial charge in [-0.25, -0.2) is 0 Å². The molecular weight excluding hydrogens is 352 g/mol. The summed E-state index contributed by atoms with van der Waals surface area (Å²) in [5.41, 5.74) is 1.84. The predicted octanol–water partition coefficient (Wildman–Crippen LogP) is 4.62. The summed E-state index contributed by atoms with van der Waals surface area (Å²) in [5, 5.41) is 3.99. The van der Waals surface area contributed by atoms with Crippen molar-refractivity contribution in [2.45, 2.75) is 9.79 Å². The minimum Gasteiger partial charge on any atom is -0.612 e. The largest absolute Gasteiger partial charge is 0.612 e. The van der Waals surface area contributed by atoms with Gasteiger partial charge in [-0.05, 0) is 45.2 Å². The van der Waals surface area contributed by atoms with E-state index >= 15 is 0 Å². The Kier molecular flexibility index (Phi) is 4.97. The van der Waals surface area contributed by atoms with Gasteiger partial charge in [0, 0.05) is 21.9 Å². The normalized spacial score (nSPS) is 14.0. The zero-order chi connectivity index (χ0) is 15.7. The fraction of sp³-hybridized carbons (Fsp3) is 0.125. The molecule has 1 aromatic carbocycles. The molecule has 2 heterocycles. The van der Waals surface area contributed by atoms with Gasteiger partial charge in [0.1, 0.15) is 12.5 Å². The van der Waals surface area contributed by atoms with Crippen molar-refractivity contribution in [3.63, 3.8) is 0 Å². The lowest BCUT2D eigenvalue weighted by Gasteiger charge is -2.15. The van der Waals surface area contributed by atoms with Gasteiger partial charge in [-0.1, -0.05) is 12.1 Å². The molecule has 0 N–H and O–H groups in total. The van der Waals surface area contributed by atoms with Gasteiger partial charge >= 0.3 is 0 Å². The van der Waals surface area contributed by atoms with E-state index in [2.05, 4.69) is 0 Å². The third-order valence-electron chi connectivity index (χ3n) is 3.27. The zero-order valence-corrected chi connectivity index (χ0v) is 15.3. The van der Waals surface area contributed by atoms with E-state index in [4.69, 9.17) is 0 Å². The molecule has 0 aliphatic carbocycles. The van der Waals surface area contributed by atoms with Gasteiger partial charge < -0.3 is 9.11 Å². The lowest BCUT2D eigenvalue weighted by molar-refractivity contribution is 0.598. The monoisotopic (exact) mass is 366 g/mol. The van der Waals surface area contributed by atoms with Crippen molar-refractivity contribution in [3.05, 3.63) is 47.2 Å². The summed E-state index contributed by atoms with van der Waals surface area (Å²) < 4.78 is 24.4. The topological polar surface area (TPSA) is 46.1 Å². The summed E-state index contributed by atoms with van der Waals surface area (Å²) in [4.78, 5) is 3.68. The number of hydrogen-bond acceptors (Lipinski definition) is 4. The van der Waals surface area contributed by atoms with Gasteiger partial charge in [0.2, 0.25) is 0 Å². The van der Waals surface area contributed by atoms with Crippen LogP contribution in [0.2, 0.25) is 0 Å². The van der Waals surface area contributed by atoms with Crippen LogP contribution in [0.4, 0.5) is 0 Å². The van der Waals surface area contributed by atoms with E-state index in [0.717, 1.165) is 30.7 Å². The summed E-state index contributed by atoms with van der Waals surface area (Å²) in [7, 11) is 0. The second-order valence-electron chi connectivity index (χ2n) is 4.71. The highest BCUT2D eigenvalue weighted by atomic mass is 32.2. The average Bonchev–Trinajstić information content (AvgIpc) is 3.19. The molecule has 0 spiro atoms. The first-order valence-electron chi connectivity index (χ1n) is 6.50. The maximum atomic E-state index is 12.2. The van der Waals surface area contributed by atoms with Crippen molar-refractivity contribution in [1.82, 2.24) is 0 Å². The van der Waals surface area contributed by atoms with Crippen LogP contribution in [-0.4, -0.2) is 21.6 Å². The molecule has 0 saturated heterocycles. The Morgan fingerprint density at radius 3 is 1.45 bits per heavy atom. The molecule has 3 aromatic rings. The fourth-order valence-corrected chi connectivity index (χ4v) is 5.45. The van der Waals surface area contributed by atoms with E-state index in [0.29, 0.717) is 0 Å². The standard InChI is InChI=1S/C16H14O2S4/c1-21(17)15-9-12(14-6-4-8-20-14)16(22(2)18)10-11(15)13-5-3-7-19-13/h3-10H,1-2H3. The highest BCUT2D eigenvalue weighted by Gasteiger charge is 2.24. The van der Waals surface area contributed by atoms with E-state index in [-0.39, 0.29) is 0 Å². The predicted molar refractivity (Wildman–Crippen MR) is 97.7 cm³/mol. The van der Waals surface area contributed by atoms with Crippen molar-refractivity contribution < 1.29 is 9.11 Å². The van der Waals surface area contributed by atoms with Crippen molar-refractivity contribution in [3.8, 4) is 20.9 Å². The fourth-order valence-electron chi connectivity index (χ4n) is 2.28. The van der Waals surface area contributed by atoms with E-state index in [9.17, 15) is 9.11 Å². The molecular formula is C16H14O2S4. The first-order valence-corrected chi connectivity index (χ1v) is 11.4. The Hall–Kier alpha value is -0.760. The number of benzene rings is 1. The molecule has 0 fully saturated rings. The van der Waals surface area contributed by atoms with Crippen molar-refractivity contribution in [2.75, 3.05) is 12.5 Å². The Labute approximate surface area is 144 Å². The molecule has 0 aliphatic heterocycles. The van der Waals surface area contributed by atoms with Crippen LogP contribution in [0.3, 0.4) is 0 Å². The summed E-state index contributed by atoms with van der Waals surface area (Å²) in [6, 6.07) is 11.8. The summed E-state index contributed by atoms with van der Waals surface area (Å²) in [6.07, 6.45) is 3.38. The Morgan fingerprint density at radius 2 is 1.18 bits per heavy atom. The third-order valence-corrected chi connectivity index (χ3v) is 7.00. The third kappa shape index (κ3) is 3.13. The van der Waals surface area contributed by atoms with Crippen LogP contribution in [-0.2, 0) is 22.4 Å². The lowest BCUT2D eigenvalue weighted by Crippen LogP contribution is -2.05. The Balaban J connectivity index is 2.27.